The molecule has 0 saturated heterocycles. The molecule has 0 aromatic carbocycles. The fraction of sp³-hybridized carbons (Fsp3) is 0.688. The number of fused-ring (bicyclic) bond motifs is 3. The summed E-state index contributed by atoms with van der Waals surface area (Å²) < 4.78 is 29.6. The lowest BCUT2D eigenvalue weighted by Gasteiger charge is -2.15. The van der Waals surface area contributed by atoms with Crippen molar-refractivity contribution < 1.29 is 8.42 Å². The van der Waals surface area contributed by atoms with Crippen molar-refractivity contribution in [2.45, 2.75) is 56.2 Å². The molecule has 2 fully saturated rings. The quantitative estimate of drug-likeness (QED) is 0.843. The van der Waals surface area contributed by atoms with E-state index in [0.717, 1.165) is 61.6 Å². The third-order valence-corrected chi connectivity index (χ3v) is 7.74. The molecule has 0 radical (unpaired) electrons. The van der Waals surface area contributed by atoms with Crippen LogP contribution in [0.5, 0.6) is 0 Å². The van der Waals surface area contributed by atoms with Gasteiger partial charge in [0.05, 0.1) is 17.1 Å². The second kappa shape index (κ2) is 5.38. The first-order valence-electron chi connectivity index (χ1n) is 9.01. The molecule has 2 N–H and O–H groups in total. The van der Waals surface area contributed by atoms with Gasteiger partial charge in [-0.25, -0.2) is 18.1 Å². The van der Waals surface area contributed by atoms with Gasteiger partial charge in [-0.2, -0.15) is 0 Å². The molecular weight excluding hydrogens is 340 g/mol. The van der Waals surface area contributed by atoms with Gasteiger partial charge in [-0.1, -0.05) is 6.92 Å². The summed E-state index contributed by atoms with van der Waals surface area (Å²) in [5.74, 6) is 2.41. The van der Waals surface area contributed by atoms with Crippen LogP contribution >= 0.6 is 0 Å². The average Bonchev–Trinajstić information content (AvgIpc) is 3.03. The van der Waals surface area contributed by atoms with Crippen molar-refractivity contribution >= 4 is 21.5 Å². The van der Waals surface area contributed by atoms with Crippen LogP contribution < -0.4 is 10.0 Å². The Morgan fingerprint density at radius 2 is 2.12 bits per heavy atom. The van der Waals surface area contributed by atoms with Gasteiger partial charge in [-0.3, -0.25) is 4.40 Å². The van der Waals surface area contributed by atoms with Crippen LogP contribution in [0.25, 0.3) is 5.65 Å². The number of rotatable bonds is 4. The Morgan fingerprint density at radius 1 is 1.28 bits per heavy atom. The van der Waals surface area contributed by atoms with E-state index in [-0.39, 0.29) is 17.2 Å². The Morgan fingerprint density at radius 3 is 2.92 bits per heavy atom. The molecule has 0 amide bonds. The van der Waals surface area contributed by atoms with E-state index in [9.17, 15) is 8.42 Å². The van der Waals surface area contributed by atoms with Gasteiger partial charge >= 0.3 is 0 Å². The van der Waals surface area contributed by atoms with Crippen LogP contribution in [0.3, 0.4) is 0 Å². The van der Waals surface area contributed by atoms with Gasteiger partial charge in [-0.05, 0) is 31.6 Å². The van der Waals surface area contributed by atoms with Crippen LogP contribution in [-0.4, -0.2) is 45.8 Å². The molecule has 8 nitrogen and oxygen atoms in total. The van der Waals surface area contributed by atoms with Crippen LogP contribution in [0.4, 0.5) is 5.82 Å². The number of nitrogens with zero attached hydrogens (tertiary/aromatic N) is 4. The number of aromatic nitrogens is 4. The molecule has 3 atom stereocenters. The van der Waals surface area contributed by atoms with E-state index in [4.69, 9.17) is 0 Å². The lowest BCUT2D eigenvalue weighted by molar-refractivity contribution is 0.503. The van der Waals surface area contributed by atoms with Crippen LogP contribution in [-0.2, 0) is 16.4 Å². The van der Waals surface area contributed by atoms with Gasteiger partial charge < -0.3 is 5.32 Å². The highest BCUT2D eigenvalue weighted by Gasteiger charge is 2.41. The normalized spacial score (nSPS) is 29.1. The molecule has 2 aromatic heterocycles. The minimum atomic E-state index is -3.15. The van der Waals surface area contributed by atoms with Gasteiger partial charge in [0, 0.05) is 24.9 Å². The van der Waals surface area contributed by atoms with Gasteiger partial charge in [0.25, 0.3) is 0 Å². The fourth-order valence-corrected chi connectivity index (χ4v) is 5.91. The van der Waals surface area contributed by atoms with E-state index in [1.165, 1.54) is 0 Å². The number of nitrogens with one attached hydrogen (secondary N) is 2. The summed E-state index contributed by atoms with van der Waals surface area (Å²) in [5.41, 5.74) is 1.90. The van der Waals surface area contributed by atoms with Crippen LogP contribution in [0.15, 0.2) is 6.20 Å². The molecule has 2 aromatic rings. The molecule has 0 unspecified atom stereocenters. The Labute approximate surface area is 146 Å². The van der Waals surface area contributed by atoms with Crippen molar-refractivity contribution in [2.75, 3.05) is 11.9 Å². The Balaban J connectivity index is 1.46. The molecule has 9 heteroatoms. The van der Waals surface area contributed by atoms with Crippen molar-refractivity contribution in [2.24, 2.45) is 5.92 Å². The number of anilines is 1. The molecule has 25 heavy (non-hydrogen) atoms. The summed E-state index contributed by atoms with van der Waals surface area (Å²) >= 11 is 0. The van der Waals surface area contributed by atoms with Crippen LogP contribution in [0.1, 0.15) is 50.0 Å². The molecule has 134 valence electrons. The van der Waals surface area contributed by atoms with E-state index < -0.39 is 10.0 Å². The van der Waals surface area contributed by atoms with Gasteiger partial charge in [0.2, 0.25) is 10.0 Å². The summed E-state index contributed by atoms with van der Waals surface area (Å²) in [7, 11) is -3.15. The molecule has 2 aliphatic carbocycles. The Kier molecular flexibility index (Phi) is 3.34. The third-order valence-electron chi connectivity index (χ3n) is 5.73. The van der Waals surface area contributed by atoms with E-state index in [1.807, 2.05) is 0 Å². The van der Waals surface area contributed by atoms with E-state index in [1.54, 1.807) is 6.20 Å². The first-order valence-corrected chi connectivity index (χ1v) is 10.6. The highest BCUT2D eigenvalue weighted by atomic mass is 32.2. The molecule has 1 aliphatic heterocycles. The maximum Gasteiger partial charge on any atom is 0.214 e. The molecule has 5 rings (SSSR count). The van der Waals surface area contributed by atoms with Gasteiger partial charge in [0.1, 0.15) is 11.6 Å². The number of hydrogen-bond acceptors (Lipinski definition) is 6. The first-order chi connectivity index (χ1) is 12.0. The summed E-state index contributed by atoms with van der Waals surface area (Å²) in [6.07, 6.45) is 5.86. The summed E-state index contributed by atoms with van der Waals surface area (Å²) in [6.45, 7) is 3.06. The predicted octanol–water partition coefficient (Wildman–Crippen LogP) is 1.06. The molecular formula is C16H22N6O2S. The SMILES string of the molecule is C[C@H]1C[C@@H](NS(=O)(=O)C2CC2)C[C@H]1c1nnc2cnc3c(n12)CCN3. The maximum atomic E-state index is 12.3. The zero-order chi connectivity index (χ0) is 17.2. The van der Waals surface area contributed by atoms with Crippen LogP contribution in [0.2, 0.25) is 0 Å². The van der Waals surface area contributed by atoms with E-state index >= 15 is 0 Å². The zero-order valence-corrected chi connectivity index (χ0v) is 15.0. The Bertz CT molecular complexity index is 935. The predicted molar refractivity (Wildman–Crippen MR) is 93.0 cm³/mol. The average molecular weight is 362 g/mol. The van der Waals surface area contributed by atoms with E-state index in [2.05, 4.69) is 36.5 Å². The molecule has 0 bridgehead atoms. The smallest absolute Gasteiger partial charge is 0.214 e. The highest BCUT2D eigenvalue weighted by Crippen LogP contribution is 2.40. The number of hydrogen-bond donors (Lipinski definition) is 2. The fourth-order valence-electron chi connectivity index (χ4n) is 4.30. The van der Waals surface area contributed by atoms with Crippen molar-refractivity contribution in [3.63, 3.8) is 0 Å². The monoisotopic (exact) mass is 362 g/mol. The highest BCUT2D eigenvalue weighted by molar-refractivity contribution is 7.90. The summed E-state index contributed by atoms with van der Waals surface area (Å²) in [5, 5.41) is 11.9. The minimum absolute atomic E-state index is 0.00837. The minimum Gasteiger partial charge on any atom is -0.368 e. The van der Waals surface area contributed by atoms with Gasteiger partial charge in [0.15, 0.2) is 5.65 Å². The first kappa shape index (κ1) is 15.5. The topological polar surface area (TPSA) is 101 Å². The molecule has 3 aliphatic rings. The second-order valence-corrected chi connectivity index (χ2v) is 9.59. The lowest BCUT2D eigenvalue weighted by Crippen LogP contribution is -2.35. The van der Waals surface area contributed by atoms with Crippen molar-refractivity contribution in [1.29, 1.82) is 0 Å². The van der Waals surface area contributed by atoms with E-state index in [0.29, 0.717) is 5.92 Å². The third kappa shape index (κ3) is 2.52. The Hall–Kier alpha value is -1.74. The largest absolute Gasteiger partial charge is 0.368 e. The van der Waals surface area contributed by atoms with Crippen molar-refractivity contribution in [3.8, 4) is 0 Å². The lowest BCUT2D eigenvalue weighted by atomic mass is 9.97. The van der Waals surface area contributed by atoms with Crippen molar-refractivity contribution in [1.82, 2.24) is 24.3 Å². The molecule has 0 spiro atoms. The van der Waals surface area contributed by atoms with Crippen LogP contribution in [0, 0.1) is 5.92 Å². The summed E-state index contributed by atoms with van der Waals surface area (Å²) in [4.78, 5) is 4.41. The van der Waals surface area contributed by atoms with Gasteiger partial charge in [-0.15, -0.1) is 10.2 Å². The maximum absolute atomic E-state index is 12.3. The summed E-state index contributed by atoms with van der Waals surface area (Å²) in [6, 6.07) is -0.00837. The molecule has 2 saturated carbocycles. The zero-order valence-electron chi connectivity index (χ0n) is 14.1. The second-order valence-electron chi connectivity index (χ2n) is 7.60. The van der Waals surface area contributed by atoms with Crippen molar-refractivity contribution in [3.05, 3.63) is 17.7 Å². The molecule has 3 heterocycles. The standard InChI is InChI=1S/C16H22N6O2S/c1-9-6-10(21-25(23,24)11-2-3-11)7-12(9)16-20-19-14-8-18-15-13(22(14)16)4-5-17-15/h8-12,17,21H,2-7H2,1H3/t9-,10+,12+/m0/s1. The number of sulfonamides is 1.